The zero-order valence-corrected chi connectivity index (χ0v) is 17.1. The molecule has 0 saturated carbocycles. The lowest BCUT2D eigenvalue weighted by Crippen LogP contribution is -2.32. The Morgan fingerprint density at radius 3 is 2.34 bits per heavy atom. The van der Waals surface area contributed by atoms with Gasteiger partial charge in [0, 0.05) is 5.69 Å². The number of aryl methyl sites for hydroxylation is 2. The molecule has 1 N–H and O–H groups in total. The first-order valence-electron chi connectivity index (χ1n) is 9.86. The predicted molar refractivity (Wildman–Crippen MR) is 116 cm³/mol. The number of anilines is 1. The summed E-state index contributed by atoms with van der Waals surface area (Å²) in [6, 6.07) is 23.3. The number of rotatable bonds is 8. The van der Waals surface area contributed by atoms with Crippen LogP contribution in [0.5, 0.6) is 11.5 Å². The SMILES string of the molecule is CC[C@@H](Oc1ccc(C)cc1C)C(=O)Nc1ccc(OCc2ccccc2)cc1. The van der Waals surface area contributed by atoms with Crippen LogP contribution in [0.4, 0.5) is 5.69 Å². The van der Waals surface area contributed by atoms with Crippen LogP contribution in [0.25, 0.3) is 0 Å². The quantitative estimate of drug-likeness (QED) is 0.539. The number of carbonyl (C=O) groups is 1. The van der Waals surface area contributed by atoms with Crippen LogP contribution in [0.15, 0.2) is 72.8 Å². The fourth-order valence-electron chi connectivity index (χ4n) is 3.01. The molecule has 0 radical (unpaired) electrons. The van der Waals surface area contributed by atoms with Crippen LogP contribution in [-0.4, -0.2) is 12.0 Å². The van der Waals surface area contributed by atoms with Gasteiger partial charge in [-0.1, -0.05) is 55.0 Å². The molecular weight excluding hydrogens is 362 g/mol. The summed E-state index contributed by atoms with van der Waals surface area (Å²) in [6.07, 6.45) is 0.0302. The molecule has 4 heteroatoms. The van der Waals surface area contributed by atoms with Gasteiger partial charge in [-0.05, 0) is 61.7 Å². The molecular formula is C25H27NO3. The highest BCUT2D eigenvalue weighted by Gasteiger charge is 2.19. The summed E-state index contributed by atoms with van der Waals surface area (Å²) in [6.45, 7) is 6.47. The van der Waals surface area contributed by atoms with Crippen molar-refractivity contribution in [2.75, 3.05) is 5.32 Å². The van der Waals surface area contributed by atoms with Gasteiger partial charge in [0.05, 0.1) is 0 Å². The lowest BCUT2D eigenvalue weighted by atomic mass is 10.1. The Balaban J connectivity index is 1.57. The zero-order valence-electron chi connectivity index (χ0n) is 17.1. The van der Waals surface area contributed by atoms with Gasteiger partial charge in [-0.15, -0.1) is 0 Å². The first-order valence-corrected chi connectivity index (χ1v) is 9.86. The van der Waals surface area contributed by atoms with E-state index in [0.717, 1.165) is 22.6 Å². The molecule has 0 aliphatic rings. The third-order valence-electron chi connectivity index (χ3n) is 4.63. The van der Waals surface area contributed by atoms with Crippen LogP contribution < -0.4 is 14.8 Å². The summed E-state index contributed by atoms with van der Waals surface area (Å²) in [4.78, 5) is 12.7. The van der Waals surface area contributed by atoms with Gasteiger partial charge in [0.15, 0.2) is 6.10 Å². The molecule has 0 aliphatic carbocycles. The number of carbonyl (C=O) groups excluding carboxylic acids is 1. The molecule has 4 nitrogen and oxygen atoms in total. The molecule has 0 fully saturated rings. The second-order valence-corrected chi connectivity index (χ2v) is 7.07. The van der Waals surface area contributed by atoms with Crippen molar-refractivity contribution in [3.8, 4) is 11.5 Å². The van der Waals surface area contributed by atoms with Crippen molar-refractivity contribution in [2.45, 2.75) is 39.9 Å². The molecule has 150 valence electrons. The average molecular weight is 389 g/mol. The van der Waals surface area contributed by atoms with Gasteiger partial charge in [0.25, 0.3) is 5.91 Å². The topological polar surface area (TPSA) is 47.6 Å². The second-order valence-electron chi connectivity index (χ2n) is 7.07. The average Bonchev–Trinajstić information content (AvgIpc) is 2.73. The molecule has 0 saturated heterocycles. The van der Waals surface area contributed by atoms with Gasteiger partial charge in [-0.3, -0.25) is 4.79 Å². The van der Waals surface area contributed by atoms with Crippen molar-refractivity contribution in [1.29, 1.82) is 0 Å². The van der Waals surface area contributed by atoms with Gasteiger partial charge in [-0.25, -0.2) is 0 Å². The highest BCUT2D eigenvalue weighted by molar-refractivity contribution is 5.94. The molecule has 0 unspecified atom stereocenters. The molecule has 3 aromatic rings. The van der Waals surface area contributed by atoms with E-state index in [1.54, 1.807) is 0 Å². The molecule has 3 rings (SSSR count). The normalized spacial score (nSPS) is 11.6. The minimum atomic E-state index is -0.551. The fraction of sp³-hybridized carbons (Fsp3) is 0.240. The van der Waals surface area contributed by atoms with Crippen LogP contribution in [-0.2, 0) is 11.4 Å². The third-order valence-corrected chi connectivity index (χ3v) is 4.63. The largest absolute Gasteiger partial charge is 0.489 e. The van der Waals surface area contributed by atoms with E-state index >= 15 is 0 Å². The molecule has 1 amide bonds. The van der Waals surface area contributed by atoms with E-state index < -0.39 is 6.10 Å². The van der Waals surface area contributed by atoms with Crippen molar-refractivity contribution in [2.24, 2.45) is 0 Å². The summed E-state index contributed by atoms with van der Waals surface area (Å²) in [5, 5.41) is 2.93. The predicted octanol–water partition coefficient (Wildman–Crippen LogP) is 5.68. The first-order chi connectivity index (χ1) is 14.0. The van der Waals surface area contributed by atoms with Crippen LogP contribution >= 0.6 is 0 Å². The lowest BCUT2D eigenvalue weighted by molar-refractivity contribution is -0.122. The molecule has 0 aliphatic heterocycles. The van der Waals surface area contributed by atoms with Crippen molar-refractivity contribution < 1.29 is 14.3 Å². The third kappa shape index (κ3) is 5.85. The number of ether oxygens (including phenoxy) is 2. The summed E-state index contributed by atoms with van der Waals surface area (Å²) in [7, 11) is 0. The molecule has 0 spiro atoms. The molecule has 0 heterocycles. The van der Waals surface area contributed by atoms with E-state index in [4.69, 9.17) is 9.47 Å². The molecule has 0 aromatic heterocycles. The Bertz CT molecular complexity index is 936. The number of hydrogen-bond donors (Lipinski definition) is 1. The van der Waals surface area contributed by atoms with E-state index in [1.165, 1.54) is 5.56 Å². The summed E-state index contributed by atoms with van der Waals surface area (Å²) < 4.78 is 11.7. The second kappa shape index (κ2) is 9.78. The van der Waals surface area contributed by atoms with Gasteiger partial charge >= 0.3 is 0 Å². The van der Waals surface area contributed by atoms with E-state index in [9.17, 15) is 4.79 Å². The maximum Gasteiger partial charge on any atom is 0.265 e. The molecule has 1 atom stereocenters. The van der Waals surface area contributed by atoms with Crippen molar-refractivity contribution in [3.05, 3.63) is 89.5 Å². The lowest BCUT2D eigenvalue weighted by Gasteiger charge is -2.19. The summed E-state index contributed by atoms with van der Waals surface area (Å²) >= 11 is 0. The number of nitrogens with one attached hydrogen (secondary N) is 1. The minimum Gasteiger partial charge on any atom is -0.489 e. The van der Waals surface area contributed by atoms with Gasteiger partial charge in [0.1, 0.15) is 18.1 Å². The summed E-state index contributed by atoms with van der Waals surface area (Å²) in [5.41, 5.74) is 4.02. The van der Waals surface area contributed by atoms with Crippen LogP contribution in [0.1, 0.15) is 30.0 Å². The molecule has 3 aromatic carbocycles. The van der Waals surface area contributed by atoms with E-state index in [2.05, 4.69) is 5.32 Å². The monoisotopic (exact) mass is 389 g/mol. The highest BCUT2D eigenvalue weighted by Crippen LogP contribution is 2.22. The van der Waals surface area contributed by atoms with Crippen LogP contribution in [0.3, 0.4) is 0 Å². The maximum absolute atomic E-state index is 12.7. The van der Waals surface area contributed by atoms with Gasteiger partial charge in [-0.2, -0.15) is 0 Å². The van der Waals surface area contributed by atoms with Gasteiger partial charge < -0.3 is 14.8 Å². The highest BCUT2D eigenvalue weighted by atomic mass is 16.5. The van der Waals surface area contributed by atoms with Crippen molar-refractivity contribution in [3.63, 3.8) is 0 Å². The summed E-state index contributed by atoms with van der Waals surface area (Å²) in [5.74, 6) is 1.33. The molecule has 0 bridgehead atoms. The standard InChI is InChI=1S/C25H27NO3/c1-4-23(29-24-15-10-18(2)16-19(24)3)25(27)26-21-11-13-22(14-12-21)28-17-20-8-6-5-7-9-20/h5-16,23H,4,17H2,1-3H3,(H,26,27)/t23-/m1/s1. The van der Waals surface area contributed by atoms with Gasteiger partial charge in [0.2, 0.25) is 0 Å². The van der Waals surface area contributed by atoms with Crippen molar-refractivity contribution >= 4 is 11.6 Å². The van der Waals surface area contributed by atoms with E-state index in [-0.39, 0.29) is 5.91 Å². The Morgan fingerprint density at radius 2 is 1.69 bits per heavy atom. The van der Waals surface area contributed by atoms with Crippen molar-refractivity contribution in [1.82, 2.24) is 0 Å². The fourth-order valence-corrected chi connectivity index (χ4v) is 3.01. The Labute approximate surface area is 172 Å². The number of hydrogen-bond acceptors (Lipinski definition) is 3. The Hall–Kier alpha value is -3.27. The first kappa shape index (κ1) is 20.5. The number of benzene rings is 3. The van der Waals surface area contributed by atoms with E-state index in [0.29, 0.717) is 18.7 Å². The Morgan fingerprint density at radius 1 is 0.966 bits per heavy atom. The smallest absolute Gasteiger partial charge is 0.265 e. The maximum atomic E-state index is 12.7. The minimum absolute atomic E-state index is 0.162. The molecule has 29 heavy (non-hydrogen) atoms. The zero-order chi connectivity index (χ0) is 20.6. The Kier molecular flexibility index (Phi) is 6.90. The van der Waals surface area contributed by atoms with Crippen LogP contribution in [0.2, 0.25) is 0 Å². The number of amides is 1. The van der Waals surface area contributed by atoms with E-state index in [1.807, 2.05) is 93.6 Å². The van der Waals surface area contributed by atoms with Crippen LogP contribution in [0, 0.1) is 13.8 Å².